The standard InChI is InChI=1S/C32H52N2O48S12.12Na/c35-83(36,37)71-21-11-7-17(25(75-87(47,48)49)29(21)79-91(59,60)61)33(18-8-12-22(72-84(38,39)40)30(80-92(62,63)64)26(18)76-88(50,51)52)15-5-3-1-2-4-6-16-34(19-9-13-23(73-85(41,42)43)31(81-93(65,66)67)27(19)77-89(53,54)55)20-10-14-24(74-86(44,45)46)32(82-94(68,69)70)28(20)78-90(56,57)58;;;;;;;;;;;;/h7-14,17-32H,1-6,15-16H2,(H,35,36,37)(H,38,39,40)(H,41,42,43)(H,44,45,46)(H,47,48,49)(H,50,51,52)(H,53,54,55)(H,56,57,58)(H,59,60,61)(H,62,63,64)(H,65,66,67)(H,68,69,70);;;;;;;;;;;;/q;12*+1/p-12/t17-,18-,19-,20-,21+,22+,23+,24+,25+,26+,27+,28+,29+,30+,31+,32+;;;;;;;;;;;;/m0............/s1. The van der Waals surface area contributed by atoms with E-state index in [0.29, 0.717) is 34.1 Å². The molecule has 74 heteroatoms. The summed E-state index contributed by atoms with van der Waals surface area (Å²) in [4.78, 5) is 0.875. The van der Waals surface area contributed by atoms with Crippen molar-refractivity contribution in [1.82, 2.24) is 9.80 Å². The SMILES string of the molecule is O=S(=O)([O-])O[C@H]1[C@H](OS(=O)(=O)[O-])[C@@H](N(CCCCCCCCN([C@H]2C=C[C@@H](OS(=O)(=O)[O-])[C@@H](OS(=O)(=O)[O-])[C@@H]2OS(=O)(=O)[O-])[C@H]2C=C[C@@H](OS(=O)(=O)[O-])[C@@H](OS(=O)(=O)[O-])[C@@H]2OS(=O)(=O)[O-])[C@H]2C=C[C@@H](OS(=O)(=O)[O-])[C@@H](OS(=O)(=O)[O-])[C@@H]2OS(=O)(=O)[O-])C=C[C@H]1OS(=O)(=O)[O-].[Na+].[Na+].[Na+].[Na+].[Na+].[Na+].[Na+].[Na+].[Na+].[Na+].[Na+].[Na+]. The third-order valence-corrected chi connectivity index (χ3v) is 17.8. The molecule has 0 unspecified atom stereocenters. The van der Waals surface area contributed by atoms with E-state index in [0.717, 1.165) is 0 Å². The van der Waals surface area contributed by atoms with E-state index in [1.54, 1.807) is 0 Å². The number of hydrogen-bond donors (Lipinski definition) is 0. The smallest absolute Gasteiger partial charge is 0.726 e. The summed E-state index contributed by atoms with van der Waals surface area (Å²) >= 11 is 0. The van der Waals surface area contributed by atoms with Crippen molar-refractivity contribution in [3.05, 3.63) is 48.6 Å². The minimum absolute atomic E-state index is 0. The van der Waals surface area contributed by atoms with Crippen LogP contribution in [0.1, 0.15) is 38.5 Å². The summed E-state index contributed by atoms with van der Waals surface area (Å²) in [7, 11) is -75.5. The Morgan fingerprint density at radius 1 is 0.189 bits per heavy atom. The summed E-state index contributed by atoms with van der Waals surface area (Å²) in [5.41, 5.74) is 0. The molecule has 0 heterocycles. The third-order valence-electron chi connectivity index (χ3n) is 12.3. The first-order valence-corrected chi connectivity index (χ1v) is 40.0. The Morgan fingerprint density at radius 3 is 0.443 bits per heavy atom. The van der Waals surface area contributed by atoms with Gasteiger partial charge in [-0.3, -0.25) is 60.0 Å². The molecule has 0 N–H and O–H groups in total. The number of nitrogens with zero attached hydrogens (tertiary/aromatic N) is 2. The minimum atomic E-state index is -6.40. The van der Waals surface area contributed by atoms with E-state index < -0.39 is 261 Å². The molecule has 16 atom stereocenters. The predicted molar refractivity (Wildman–Crippen MR) is 268 cm³/mol. The maximum Gasteiger partial charge on any atom is 1.00 e. The van der Waals surface area contributed by atoms with Crippen LogP contribution in [0.5, 0.6) is 0 Å². The molecule has 0 aromatic carbocycles. The van der Waals surface area contributed by atoms with E-state index in [2.05, 4.69) is 50.2 Å². The number of rotatable bonds is 37. The van der Waals surface area contributed by atoms with Crippen molar-refractivity contribution in [1.29, 1.82) is 0 Å². The van der Waals surface area contributed by atoms with Crippen molar-refractivity contribution < 1.29 is 561 Å². The van der Waals surface area contributed by atoms with Crippen LogP contribution in [0.4, 0.5) is 0 Å². The molecule has 4 aliphatic rings. The van der Waals surface area contributed by atoms with Gasteiger partial charge in [-0.25, -0.2) is 101 Å². The van der Waals surface area contributed by atoms with Gasteiger partial charge in [0.15, 0.2) is 0 Å². The fourth-order valence-electron chi connectivity index (χ4n) is 9.65. The second kappa shape index (κ2) is 55.0. The van der Waals surface area contributed by atoms with E-state index >= 15 is 0 Å². The number of unbranched alkanes of at least 4 members (excludes halogenated alkanes) is 5. The van der Waals surface area contributed by atoms with Crippen LogP contribution in [0.25, 0.3) is 0 Å². The Labute approximate surface area is 875 Å². The van der Waals surface area contributed by atoms with E-state index in [1.807, 2.05) is 0 Å². The van der Waals surface area contributed by atoms with Crippen molar-refractivity contribution in [3.8, 4) is 0 Å². The molecule has 4 aliphatic carbocycles. The first-order chi connectivity index (χ1) is 42.1. The predicted octanol–water partition coefficient (Wildman–Crippen LogP) is -46.1. The molecule has 0 saturated heterocycles. The average molecular weight is 1880 g/mol. The Morgan fingerprint density at radius 2 is 0.311 bits per heavy atom. The maximum atomic E-state index is 12.2. The normalized spacial score (nSPS) is 26.5. The summed E-state index contributed by atoms with van der Waals surface area (Å²) in [6.45, 7) is -2.06. The molecular weight excluding hydrogens is 1840 g/mol. The molecule has 0 aliphatic heterocycles. The second-order valence-electron chi connectivity index (χ2n) is 18.7. The van der Waals surface area contributed by atoms with Gasteiger partial charge in [0.2, 0.25) is 125 Å². The van der Waals surface area contributed by atoms with Crippen molar-refractivity contribution in [3.63, 3.8) is 0 Å². The summed E-state index contributed by atoms with van der Waals surface area (Å²) in [5.74, 6) is 0. The van der Waals surface area contributed by atoms with Gasteiger partial charge in [0.1, 0.15) is 73.2 Å². The van der Waals surface area contributed by atoms with Crippen molar-refractivity contribution in [2.75, 3.05) is 13.1 Å². The van der Waals surface area contributed by atoms with Crippen molar-refractivity contribution in [2.45, 2.75) is 136 Å². The van der Waals surface area contributed by atoms with Crippen LogP contribution in [-0.4, -0.2) is 276 Å². The molecule has 0 radical (unpaired) electrons. The molecule has 50 nitrogen and oxygen atoms in total. The van der Waals surface area contributed by atoms with Crippen molar-refractivity contribution >= 4 is 125 Å². The first kappa shape index (κ1) is 133. The fraction of sp³-hybridized carbons (Fsp3) is 0.750. The van der Waals surface area contributed by atoms with Crippen LogP contribution in [0.2, 0.25) is 0 Å². The molecule has 550 valence electrons. The Kier molecular flexibility index (Phi) is 69.2. The molecular formula is C32H40N2Na12O48S12. The van der Waals surface area contributed by atoms with Crippen LogP contribution in [-0.2, 0) is 175 Å². The van der Waals surface area contributed by atoms with E-state index in [9.17, 15) is 156 Å². The zero-order chi connectivity index (χ0) is 72.2. The summed E-state index contributed by atoms with van der Waals surface area (Å²) in [5, 5.41) is 0. The Balaban J connectivity index is -0.00000112. The molecule has 106 heavy (non-hydrogen) atoms. The molecule has 0 saturated carbocycles. The van der Waals surface area contributed by atoms with Gasteiger partial charge < -0.3 is 54.6 Å². The monoisotopic (exact) mass is 1880 g/mol. The van der Waals surface area contributed by atoms with Gasteiger partial charge in [-0.05, 0) is 25.9 Å². The van der Waals surface area contributed by atoms with Crippen molar-refractivity contribution in [2.24, 2.45) is 0 Å². The fourth-order valence-corrected chi connectivity index (χ4v) is 15.4. The second-order valence-corrected chi connectivity index (χ2v) is 30.8. The van der Waals surface area contributed by atoms with Gasteiger partial charge in [-0.2, -0.15) is 0 Å². The zero-order valence-corrected chi connectivity index (χ0v) is 90.7. The average Bonchev–Trinajstić information content (AvgIpc) is 0.764. The van der Waals surface area contributed by atoms with E-state index in [4.69, 9.17) is 0 Å². The Hall–Kier alpha value is 9.32. The van der Waals surface area contributed by atoms with E-state index in [-0.39, 0.29) is 392 Å². The maximum absolute atomic E-state index is 12.2. The molecule has 4 rings (SSSR count). The Bertz CT molecular complexity index is 3770. The molecule has 0 bridgehead atoms. The summed E-state index contributed by atoms with van der Waals surface area (Å²) in [6, 6.07) is -10.0. The largest absolute Gasteiger partial charge is 1.00 e. The van der Waals surface area contributed by atoms with Gasteiger partial charge in [-0.1, -0.05) is 74.3 Å². The summed E-state index contributed by atoms with van der Waals surface area (Å²) < 4.78 is 481. The van der Waals surface area contributed by atoms with Crippen LogP contribution in [0, 0.1) is 0 Å². The number of hydrogen-bond acceptors (Lipinski definition) is 50. The topological polar surface area (TPSA) is 804 Å². The van der Waals surface area contributed by atoms with Gasteiger partial charge in [0.25, 0.3) is 0 Å². The molecule has 0 fully saturated rings. The zero-order valence-electron chi connectivity index (χ0n) is 56.9. The quantitative estimate of drug-likeness (QED) is 0.0183. The van der Waals surface area contributed by atoms with Gasteiger partial charge >= 0.3 is 355 Å². The van der Waals surface area contributed by atoms with Crippen LogP contribution in [0.3, 0.4) is 0 Å². The van der Waals surface area contributed by atoms with Crippen LogP contribution in [0.15, 0.2) is 48.6 Å². The minimum Gasteiger partial charge on any atom is -0.726 e. The first-order valence-electron chi connectivity index (χ1n) is 24.0. The van der Waals surface area contributed by atoms with Crippen LogP contribution < -0.4 is 355 Å². The third kappa shape index (κ3) is 52.9. The van der Waals surface area contributed by atoms with E-state index in [1.165, 1.54) is 0 Å². The van der Waals surface area contributed by atoms with Gasteiger partial charge in [0, 0.05) is 0 Å². The summed E-state index contributed by atoms with van der Waals surface area (Å²) in [6.07, 6.45) is -36.4. The molecule has 0 spiro atoms. The van der Waals surface area contributed by atoms with Gasteiger partial charge in [0.05, 0.1) is 24.2 Å². The molecule has 0 amide bonds. The molecule has 0 aromatic heterocycles. The van der Waals surface area contributed by atoms with Crippen LogP contribution >= 0.6 is 0 Å². The molecule has 0 aromatic rings. The van der Waals surface area contributed by atoms with Gasteiger partial charge in [-0.15, -0.1) is 0 Å².